The van der Waals surface area contributed by atoms with Crippen molar-refractivity contribution in [2.75, 3.05) is 13.7 Å². The number of nitrogens with zero attached hydrogens (tertiary/aromatic N) is 1. The highest BCUT2D eigenvalue weighted by atomic mass is 16.5. The molecule has 1 aliphatic heterocycles. The van der Waals surface area contributed by atoms with Gasteiger partial charge < -0.3 is 9.47 Å². The Morgan fingerprint density at radius 2 is 2.05 bits per heavy atom. The molecule has 108 valence electrons. The van der Waals surface area contributed by atoms with Crippen LogP contribution in [0.5, 0.6) is 0 Å². The minimum absolute atomic E-state index is 0.189. The summed E-state index contributed by atoms with van der Waals surface area (Å²) in [7, 11) is 1.32. The second-order valence-corrected chi connectivity index (χ2v) is 5.78. The second-order valence-electron chi connectivity index (χ2n) is 5.78. The summed E-state index contributed by atoms with van der Waals surface area (Å²) in [6, 6.07) is 2.12. The molecule has 4 nitrogen and oxygen atoms in total. The summed E-state index contributed by atoms with van der Waals surface area (Å²) in [5.74, 6) is 4.76. The zero-order valence-electron chi connectivity index (χ0n) is 12.2. The quantitative estimate of drug-likeness (QED) is 0.573. The lowest BCUT2D eigenvalue weighted by Crippen LogP contribution is -2.48. The average molecular weight is 275 g/mol. The molecule has 1 saturated heterocycles. The van der Waals surface area contributed by atoms with Crippen LogP contribution >= 0.6 is 0 Å². The lowest BCUT2D eigenvalue weighted by Gasteiger charge is -2.45. The van der Waals surface area contributed by atoms with Crippen molar-refractivity contribution in [2.24, 2.45) is 11.3 Å². The Hall–Kier alpha value is -1.52. The highest BCUT2D eigenvalue weighted by molar-refractivity contribution is 5.77. The molecule has 0 aromatic heterocycles. The predicted molar refractivity (Wildman–Crippen MR) is 73.4 cm³/mol. The molecule has 4 heteroatoms. The zero-order chi connectivity index (χ0) is 14.6. The Bertz CT molecular complexity index is 476. The number of carbonyl (C=O) groups is 1. The fraction of sp³-hybridized carbons (Fsp3) is 0.750. The molecule has 2 atom stereocenters. The number of esters is 1. The van der Waals surface area contributed by atoms with Crippen LogP contribution in [-0.4, -0.2) is 25.3 Å². The Morgan fingerprint density at radius 1 is 1.35 bits per heavy atom. The molecule has 0 aromatic carbocycles. The first-order valence-electron chi connectivity index (χ1n) is 7.17. The van der Waals surface area contributed by atoms with Gasteiger partial charge in [-0.05, 0) is 32.6 Å². The van der Waals surface area contributed by atoms with Crippen molar-refractivity contribution in [1.29, 1.82) is 5.26 Å². The molecule has 1 spiro atoms. The minimum Gasteiger partial charge on any atom is -0.468 e. The van der Waals surface area contributed by atoms with Gasteiger partial charge in [-0.1, -0.05) is 18.8 Å². The van der Waals surface area contributed by atoms with E-state index in [0.29, 0.717) is 19.4 Å². The average Bonchev–Trinajstić information content (AvgIpc) is 2.87. The van der Waals surface area contributed by atoms with E-state index in [2.05, 4.69) is 17.9 Å². The smallest absolute Gasteiger partial charge is 0.324 e. The highest BCUT2D eigenvalue weighted by Gasteiger charge is 2.52. The molecule has 2 rings (SSSR count). The molecular formula is C16H21NO3. The van der Waals surface area contributed by atoms with E-state index in [9.17, 15) is 10.1 Å². The molecule has 0 bridgehead atoms. The van der Waals surface area contributed by atoms with Crippen LogP contribution in [0.25, 0.3) is 0 Å². The van der Waals surface area contributed by atoms with Crippen LogP contribution < -0.4 is 0 Å². The number of carbonyl (C=O) groups excluding carboxylic acids is 1. The second kappa shape index (κ2) is 5.85. The summed E-state index contributed by atoms with van der Waals surface area (Å²) in [6.45, 7) is 2.31. The maximum atomic E-state index is 12.0. The van der Waals surface area contributed by atoms with Gasteiger partial charge in [0, 0.05) is 6.61 Å². The van der Waals surface area contributed by atoms with Crippen molar-refractivity contribution < 1.29 is 14.3 Å². The number of rotatable bonds is 2. The van der Waals surface area contributed by atoms with E-state index in [1.165, 1.54) is 7.11 Å². The van der Waals surface area contributed by atoms with Crippen LogP contribution in [0, 0.1) is 34.5 Å². The number of hydrogen-bond donors (Lipinski definition) is 0. The summed E-state index contributed by atoms with van der Waals surface area (Å²) in [4.78, 5) is 12.0. The van der Waals surface area contributed by atoms with Gasteiger partial charge in [-0.25, -0.2) is 0 Å². The molecule has 2 unspecified atom stereocenters. The first kappa shape index (κ1) is 14.9. The molecule has 1 aliphatic carbocycles. The number of hydrogen-bond acceptors (Lipinski definition) is 4. The van der Waals surface area contributed by atoms with Crippen molar-refractivity contribution in [3.05, 3.63) is 0 Å². The monoisotopic (exact) mass is 275 g/mol. The van der Waals surface area contributed by atoms with Gasteiger partial charge in [0.2, 0.25) is 0 Å². The lowest BCUT2D eigenvalue weighted by atomic mass is 9.65. The first-order valence-corrected chi connectivity index (χ1v) is 7.17. The van der Waals surface area contributed by atoms with Crippen molar-refractivity contribution in [2.45, 2.75) is 51.0 Å². The Morgan fingerprint density at radius 3 is 2.60 bits per heavy atom. The van der Waals surface area contributed by atoms with E-state index in [-0.39, 0.29) is 5.60 Å². The molecule has 0 radical (unpaired) electrons. The molecule has 0 amide bonds. The van der Waals surface area contributed by atoms with Gasteiger partial charge in [-0.15, -0.1) is 5.92 Å². The zero-order valence-corrected chi connectivity index (χ0v) is 12.2. The van der Waals surface area contributed by atoms with Crippen molar-refractivity contribution in [3.63, 3.8) is 0 Å². The van der Waals surface area contributed by atoms with Crippen LogP contribution in [0.15, 0.2) is 0 Å². The summed E-state index contributed by atoms with van der Waals surface area (Å²) >= 11 is 0. The summed E-state index contributed by atoms with van der Waals surface area (Å²) in [5.41, 5.74) is -0.815. The number of nitriles is 1. The fourth-order valence-corrected chi connectivity index (χ4v) is 3.70. The third-order valence-corrected chi connectivity index (χ3v) is 4.60. The third kappa shape index (κ3) is 2.53. The van der Waals surface area contributed by atoms with Gasteiger partial charge in [0.1, 0.15) is 0 Å². The standard InChI is InChI=1S/C16H21NO3/c1-3-6-15(13(11-17)14(18)19-2)9-10-20-16(12-15)7-4-5-8-16/h13H,4-5,7-10,12H2,1-2H3. The van der Waals surface area contributed by atoms with E-state index in [1.807, 2.05) is 0 Å². The minimum atomic E-state index is -0.832. The van der Waals surface area contributed by atoms with Gasteiger partial charge in [0.05, 0.1) is 24.2 Å². The first-order chi connectivity index (χ1) is 9.61. The Labute approximate surface area is 120 Å². The summed E-state index contributed by atoms with van der Waals surface area (Å²) < 4.78 is 10.8. The fourth-order valence-electron chi connectivity index (χ4n) is 3.70. The van der Waals surface area contributed by atoms with Crippen molar-refractivity contribution in [1.82, 2.24) is 0 Å². The van der Waals surface area contributed by atoms with Crippen LogP contribution in [-0.2, 0) is 14.3 Å². The molecule has 1 heterocycles. The van der Waals surface area contributed by atoms with Gasteiger partial charge >= 0.3 is 5.97 Å². The van der Waals surface area contributed by atoms with E-state index in [0.717, 1.165) is 25.7 Å². The molecule has 2 fully saturated rings. The van der Waals surface area contributed by atoms with Gasteiger partial charge in [0.25, 0.3) is 0 Å². The Kier molecular flexibility index (Phi) is 4.35. The van der Waals surface area contributed by atoms with E-state index in [1.54, 1.807) is 6.92 Å². The topological polar surface area (TPSA) is 59.3 Å². The largest absolute Gasteiger partial charge is 0.468 e. The van der Waals surface area contributed by atoms with E-state index >= 15 is 0 Å². The van der Waals surface area contributed by atoms with Crippen LogP contribution in [0.3, 0.4) is 0 Å². The summed E-state index contributed by atoms with van der Waals surface area (Å²) in [6.07, 6.45) is 5.56. The normalized spacial score (nSPS) is 29.1. The van der Waals surface area contributed by atoms with E-state index < -0.39 is 17.3 Å². The van der Waals surface area contributed by atoms with Crippen molar-refractivity contribution >= 4 is 5.97 Å². The van der Waals surface area contributed by atoms with Crippen LogP contribution in [0.1, 0.15) is 45.4 Å². The number of methoxy groups -OCH3 is 1. The predicted octanol–water partition coefficient (Wildman–Crippen LogP) is 2.43. The van der Waals surface area contributed by atoms with Crippen LogP contribution in [0.4, 0.5) is 0 Å². The maximum Gasteiger partial charge on any atom is 0.324 e. The van der Waals surface area contributed by atoms with Gasteiger partial charge in [0.15, 0.2) is 5.92 Å². The SMILES string of the molecule is CC#CC1(C(C#N)C(=O)OC)CCOC2(CCCC2)C1. The van der Waals surface area contributed by atoms with Gasteiger partial charge in [-0.3, -0.25) is 4.79 Å². The Balaban J connectivity index is 2.35. The molecule has 2 aliphatic rings. The van der Waals surface area contributed by atoms with Crippen molar-refractivity contribution in [3.8, 4) is 17.9 Å². The molecule has 1 saturated carbocycles. The van der Waals surface area contributed by atoms with E-state index in [4.69, 9.17) is 9.47 Å². The molecule has 0 aromatic rings. The molecule has 0 N–H and O–H groups in total. The van der Waals surface area contributed by atoms with Crippen LogP contribution in [0.2, 0.25) is 0 Å². The summed E-state index contributed by atoms with van der Waals surface area (Å²) in [5, 5.41) is 9.44. The molecular weight excluding hydrogens is 254 g/mol. The molecule has 20 heavy (non-hydrogen) atoms. The van der Waals surface area contributed by atoms with Gasteiger partial charge in [-0.2, -0.15) is 5.26 Å². The maximum absolute atomic E-state index is 12.0. The highest BCUT2D eigenvalue weighted by Crippen LogP contribution is 2.50. The third-order valence-electron chi connectivity index (χ3n) is 4.60. The lowest BCUT2D eigenvalue weighted by molar-refractivity contribution is -0.155. The number of ether oxygens (including phenoxy) is 2.